The minimum Gasteiger partial charge on any atom is -0.486 e. The summed E-state index contributed by atoms with van der Waals surface area (Å²) >= 11 is 5.87. The molecule has 1 saturated heterocycles. The van der Waals surface area contributed by atoms with Crippen LogP contribution in [0.15, 0.2) is 18.2 Å². The number of nitrogens with one attached hydrogen (secondary N) is 1. The van der Waals surface area contributed by atoms with Crippen molar-refractivity contribution in [3.8, 4) is 5.75 Å². The second kappa shape index (κ2) is 4.81. The third kappa shape index (κ3) is 2.61. The van der Waals surface area contributed by atoms with E-state index in [1.807, 2.05) is 0 Å². The van der Waals surface area contributed by atoms with E-state index in [0.717, 1.165) is 25.9 Å². The number of para-hydroxylation sites is 1. The summed E-state index contributed by atoms with van der Waals surface area (Å²) in [5.74, 6) is -0.202. The Bertz CT molecular complexity index is 319. The monoisotopic (exact) mass is 229 g/mol. The summed E-state index contributed by atoms with van der Waals surface area (Å²) < 4.78 is 19.0. The Morgan fingerprint density at radius 3 is 2.73 bits per heavy atom. The normalized spacial score (nSPS) is 17.7. The van der Waals surface area contributed by atoms with Gasteiger partial charge in [-0.25, -0.2) is 4.39 Å². The summed E-state index contributed by atoms with van der Waals surface area (Å²) in [6.07, 6.45) is 1.86. The number of benzene rings is 1. The first-order valence-corrected chi connectivity index (χ1v) is 5.46. The topological polar surface area (TPSA) is 21.3 Å². The van der Waals surface area contributed by atoms with Gasteiger partial charge in [-0.05, 0) is 38.1 Å². The van der Waals surface area contributed by atoms with Crippen molar-refractivity contribution in [2.24, 2.45) is 0 Å². The van der Waals surface area contributed by atoms with Gasteiger partial charge in [0.25, 0.3) is 0 Å². The van der Waals surface area contributed by atoms with E-state index < -0.39 is 0 Å². The quantitative estimate of drug-likeness (QED) is 0.842. The van der Waals surface area contributed by atoms with Crippen molar-refractivity contribution in [3.05, 3.63) is 29.0 Å². The molecule has 0 aliphatic carbocycles. The van der Waals surface area contributed by atoms with E-state index in [-0.39, 0.29) is 17.7 Å². The van der Waals surface area contributed by atoms with Crippen molar-refractivity contribution in [1.29, 1.82) is 0 Å². The molecule has 0 bridgehead atoms. The molecule has 1 aromatic rings. The summed E-state index contributed by atoms with van der Waals surface area (Å²) in [6.45, 7) is 1.83. The van der Waals surface area contributed by atoms with Crippen LogP contribution in [0, 0.1) is 5.82 Å². The molecule has 1 aromatic carbocycles. The highest BCUT2D eigenvalue weighted by molar-refractivity contribution is 6.32. The lowest BCUT2D eigenvalue weighted by atomic mass is 10.1. The van der Waals surface area contributed by atoms with E-state index in [1.54, 1.807) is 12.1 Å². The zero-order valence-electron chi connectivity index (χ0n) is 8.30. The molecular weight excluding hydrogens is 217 g/mol. The molecule has 0 unspecified atom stereocenters. The predicted molar refractivity (Wildman–Crippen MR) is 57.9 cm³/mol. The highest BCUT2D eigenvalue weighted by atomic mass is 35.5. The van der Waals surface area contributed by atoms with Crippen molar-refractivity contribution in [2.75, 3.05) is 13.1 Å². The summed E-state index contributed by atoms with van der Waals surface area (Å²) in [7, 11) is 0. The molecule has 0 atom stereocenters. The SMILES string of the molecule is Fc1cccc(Cl)c1OC1CCNCC1. The zero-order chi connectivity index (χ0) is 10.7. The Labute approximate surface area is 93.4 Å². The number of ether oxygens (including phenoxy) is 1. The number of hydrogen-bond acceptors (Lipinski definition) is 2. The summed E-state index contributed by atoms with van der Waals surface area (Å²) in [4.78, 5) is 0. The molecule has 0 spiro atoms. The number of halogens is 2. The highest BCUT2D eigenvalue weighted by Crippen LogP contribution is 2.29. The lowest BCUT2D eigenvalue weighted by Gasteiger charge is -2.24. The molecule has 0 radical (unpaired) electrons. The Morgan fingerprint density at radius 2 is 2.07 bits per heavy atom. The Balaban J connectivity index is 2.09. The molecule has 1 N–H and O–H groups in total. The predicted octanol–water partition coefficient (Wildman–Crippen LogP) is 2.61. The largest absolute Gasteiger partial charge is 0.486 e. The summed E-state index contributed by atoms with van der Waals surface area (Å²) in [5, 5.41) is 3.56. The fraction of sp³-hybridized carbons (Fsp3) is 0.455. The van der Waals surface area contributed by atoms with Gasteiger partial charge in [-0.3, -0.25) is 0 Å². The minimum absolute atomic E-state index is 0.0700. The molecule has 82 valence electrons. The van der Waals surface area contributed by atoms with Crippen LogP contribution in [0.5, 0.6) is 5.75 Å². The number of rotatable bonds is 2. The second-order valence-electron chi connectivity index (χ2n) is 3.62. The van der Waals surface area contributed by atoms with Crippen LogP contribution in [-0.4, -0.2) is 19.2 Å². The lowest BCUT2D eigenvalue weighted by molar-refractivity contribution is 0.156. The summed E-state index contributed by atoms with van der Waals surface area (Å²) in [5.41, 5.74) is 0. The molecule has 1 fully saturated rings. The average molecular weight is 230 g/mol. The first kappa shape index (κ1) is 10.7. The van der Waals surface area contributed by atoms with Crippen LogP contribution in [0.25, 0.3) is 0 Å². The van der Waals surface area contributed by atoms with Crippen LogP contribution in [0.1, 0.15) is 12.8 Å². The van der Waals surface area contributed by atoms with Crippen molar-refractivity contribution >= 4 is 11.6 Å². The molecule has 15 heavy (non-hydrogen) atoms. The maximum absolute atomic E-state index is 13.4. The molecular formula is C11H13ClFNO. The van der Waals surface area contributed by atoms with Crippen molar-refractivity contribution in [2.45, 2.75) is 18.9 Å². The molecule has 4 heteroatoms. The molecule has 1 heterocycles. The lowest BCUT2D eigenvalue weighted by Crippen LogP contribution is -2.34. The van der Waals surface area contributed by atoms with Crippen LogP contribution >= 0.6 is 11.6 Å². The fourth-order valence-electron chi connectivity index (χ4n) is 1.68. The minimum atomic E-state index is -0.388. The van der Waals surface area contributed by atoms with E-state index in [9.17, 15) is 4.39 Å². The van der Waals surface area contributed by atoms with Crippen molar-refractivity contribution in [3.63, 3.8) is 0 Å². The second-order valence-corrected chi connectivity index (χ2v) is 4.03. The van der Waals surface area contributed by atoms with Gasteiger partial charge >= 0.3 is 0 Å². The van der Waals surface area contributed by atoms with E-state index in [0.29, 0.717) is 5.02 Å². The molecule has 2 nitrogen and oxygen atoms in total. The Kier molecular flexibility index (Phi) is 3.44. The van der Waals surface area contributed by atoms with Crippen LogP contribution in [0.4, 0.5) is 4.39 Å². The van der Waals surface area contributed by atoms with Gasteiger partial charge in [-0.2, -0.15) is 0 Å². The van der Waals surface area contributed by atoms with E-state index in [1.165, 1.54) is 6.07 Å². The number of hydrogen-bond donors (Lipinski definition) is 1. The Morgan fingerprint density at radius 1 is 1.33 bits per heavy atom. The molecule has 1 aliphatic rings. The van der Waals surface area contributed by atoms with Gasteiger partial charge in [0.05, 0.1) is 5.02 Å². The molecule has 2 rings (SSSR count). The highest BCUT2D eigenvalue weighted by Gasteiger charge is 2.17. The first-order chi connectivity index (χ1) is 7.27. The van der Waals surface area contributed by atoms with Gasteiger partial charge in [0.1, 0.15) is 6.10 Å². The third-order valence-electron chi connectivity index (χ3n) is 2.49. The van der Waals surface area contributed by atoms with Gasteiger partial charge in [-0.15, -0.1) is 0 Å². The zero-order valence-corrected chi connectivity index (χ0v) is 9.06. The van der Waals surface area contributed by atoms with Crippen LogP contribution in [0.2, 0.25) is 5.02 Å². The van der Waals surface area contributed by atoms with Crippen LogP contribution in [-0.2, 0) is 0 Å². The van der Waals surface area contributed by atoms with Gasteiger partial charge in [0.2, 0.25) is 0 Å². The van der Waals surface area contributed by atoms with Gasteiger partial charge in [0.15, 0.2) is 11.6 Å². The molecule has 0 aromatic heterocycles. The molecule has 1 aliphatic heterocycles. The van der Waals surface area contributed by atoms with E-state index >= 15 is 0 Å². The van der Waals surface area contributed by atoms with E-state index in [2.05, 4.69) is 5.32 Å². The smallest absolute Gasteiger partial charge is 0.173 e. The number of piperidine rings is 1. The van der Waals surface area contributed by atoms with Crippen LogP contribution < -0.4 is 10.1 Å². The van der Waals surface area contributed by atoms with Crippen molar-refractivity contribution < 1.29 is 9.13 Å². The standard InChI is InChI=1S/C11H13ClFNO/c12-9-2-1-3-10(13)11(9)15-8-4-6-14-7-5-8/h1-3,8,14H,4-7H2. The third-order valence-corrected chi connectivity index (χ3v) is 2.79. The fourth-order valence-corrected chi connectivity index (χ4v) is 1.88. The first-order valence-electron chi connectivity index (χ1n) is 5.09. The van der Waals surface area contributed by atoms with Gasteiger partial charge in [0, 0.05) is 0 Å². The molecule has 0 saturated carbocycles. The maximum atomic E-state index is 13.4. The van der Waals surface area contributed by atoms with Crippen molar-refractivity contribution in [1.82, 2.24) is 5.32 Å². The van der Waals surface area contributed by atoms with E-state index in [4.69, 9.17) is 16.3 Å². The summed E-state index contributed by atoms with van der Waals surface area (Å²) in [6, 6.07) is 4.58. The van der Waals surface area contributed by atoms with Gasteiger partial charge in [-0.1, -0.05) is 17.7 Å². The molecule has 0 amide bonds. The van der Waals surface area contributed by atoms with Gasteiger partial charge < -0.3 is 10.1 Å². The Hall–Kier alpha value is -0.800. The van der Waals surface area contributed by atoms with Crippen LogP contribution in [0.3, 0.4) is 0 Å². The average Bonchev–Trinajstić information content (AvgIpc) is 2.25. The maximum Gasteiger partial charge on any atom is 0.173 e.